The van der Waals surface area contributed by atoms with Gasteiger partial charge < -0.3 is 19.5 Å². The van der Waals surface area contributed by atoms with Gasteiger partial charge in [-0.1, -0.05) is 18.2 Å². The van der Waals surface area contributed by atoms with Gasteiger partial charge in [0.1, 0.15) is 22.9 Å². The first-order chi connectivity index (χ1) is 15.1. The van der Waals surface area contributed by atoms with Gasteiger partial charge in [0.15, 0.2) is 6.61 Å². The van der Waals surface area contributed by atoms with Crippen LogP contribution in [0.25, 0.3) is 0 Å². The van der Waals surface area contributed by atoms with E-state index in [9.17, 15) is 19.2 Å². The van der Waals surface area contributed by atoms with E-state index >= 15 is 0 Å². The van der Waals surface area contributed by atoms with Gasteiger partial charge in [0.05, 0.1) is 5.41 Å². The Labute approximate surface area is 190 Å². The predicted molar refractivity (Wildman–Crippen MR) is 116 cm³/mol. The Bertz CT molecular complexity index is 939. The summed E-state index contributed by atoms with van der Waals surface area (Å²) in [5.41, 5.74) is 0.0672. The number of nitrogens with zero attached hydrogens (tertiary/aromatic N) is 1. The number of carbonyl (C=O) groups is 4. The van der Waals surface area contributed by atoms with Gasteiger partial charge in [-0.3, -0.25) is 19.3 Å². The molecule has 0 aliphatic carbocycles. The van der Waals surface area contributed by atoms with Crippen molar-refractivity contribution in [3.8, 4) is 5.75 Å². The molecule has 0 aromatic heterocycles. The lowest BCUT2D eigenvalue weighted by Gasteiger charge is -2.49. The number of nitrogens with one attached hydrogen (secondary N) is 1. The highest BCUT2D eigenvalue weighted by atomic mass is 32.2. The summed E-state index contributed by atoms with van der Waals surface area (Å²) in [6.07, 6.45) is 0. The van der Waals surface area contributed by atoms with Crippen LogP contribution in [-0.4, -0.2) is 59.2 Å². The molecule has 3 rings (SSSR count). The molecule has 0 radical (unpaired) electrons. The van der Waals surface area contributed by atoms with E-state index in [-0.39, 0.29) is 12.3 Å². The number of thioether (sulfide) groups is 1. The second-order valence-electron chi connectivity index (χ2n) is 8.42. The summed E-state index contributed by atoms with van der Waals surface area (Å²) in [5, 5.41) is 2.24. The molecule has 1 N–H and O–H groups in total. The summed E-state index contributed by atoms with van der Waals surface area (Å²) in [6.45, 7) is 6.02. The van der Waals surface area contributed by atoms with Crippen LogP contribution >= 0.6 is 11.8 Å². The zero-order valence-electron chi connectivity index (χ0n) is 18.4. The maximum Gasteiger partial charge on any atom is 0.357 e. The van der Waals surface area contributed by atoms with Crippen LogP contribution in [0.5, 0.6) is 5.75 Å². The topological polar surface area (TPSA) is 111 Å². The Balaban J connectivity index is 1.54. The van der Waals surface area contributed by atoms with Crippen LogP contribution in [-0.2, 0) is 28.7 Å². The van der Waals surface area contributed by atoms with Crippen molar-refractivity contribution in [2.45, 2.75) is 39.1 Å². The van der Waals surface area contributed by atoms with Crippen molar-refractivity contribution in [3.05, 3.63) is 41.6 Å². The number of esters is 2. The number of benzene rings is 1. The third-order valence-electron chi connectivity index (χ3n) is 4.77. The number of para-hydroxylation sites is 1. The molecule has 2 aliphatic heterocycles. The normalized spacial score (nSPS) is 20.1. The molecule has 0 bridgehead atoms. The first-order valence-corrected chi connectivity index (χ1v) is 11.1. The predicted octanol–water partition coefficient (Wildman–Crippen LogP) is 1.83. The van der Waals surface area contributed by atoms with Crippen molar-refractivity contribution in [1.82, 2.24) is 10.2 Å². The summed E-state index contributed by atoms with van der Waals surface area (Å²) in [7, 11) is 0. The number of β-lactam (4-membered cyclic amide) rings is 1. The third-order valence-corrected chi connectivity index (χ3v) is 6.20. The summed E-state index contributed by atoms with van der Waals surface area (Å²) in [5.74, 6) is -1.06. The Morgan fingerprint density at radius 2 is 1.84 bits per heavy atom. The minimum absolute atomic E-state index is 0.122. The molecule has 172 valence electrons. The second-order valence-corrected chi connectivity index (χ2v) is 9.52. The van der Waals surface area contributed by atoms with E-state index in [0.29, 0.717) is 17.1 Å². The molecular formula is C22H26N2O7S. The minimum Gasteiger partial charge on any atom is -0.484 e. The molecule has 9 nitrogen and oxygen atoms in total. The van der Waals surface area contributed by atoms with Gasteiger partial charge in [-0.25, -0.2) is 4.79 Å². The van der Waals surface area contributed by atoms with Crippen LogP contribution in [0.4, 0.5) is 0 Å². The molecule has 10 heteroatoms. The van der Waals surface area contributed by atoms with Gasteiger partial charge in [0.2, 0.25) is 6.79 Å². The van der Waals surface area contributed by atoms with E-state index in [4.69, 9.17) is 14.2 Å². The molecule has 1 saturated heterocycles. The van der Waals surface area contributed by atoms with Crippen molar-refractivity contribution < 1.29 is 33.4 Å². The highest BCUT2D eigenvalue weighted by Crippen LogP contribution is 2.40. The van der Waals surface area contributed by atoms with Crippen molar-refractivity contribution >= 4 is 35.5 Å². The molecule has 2 amide bonds. The van der Waals surface area contributed by atoms with Crippen LogP contribution < -0.4 is 10.1 Å². The van der Waals surface area contributed by atoms with Gasteiger partial charge >= 0.3 is 11.9 Å². The molecule has 2 heterocycles. The number of ether oxygens (including phenoxy) is 3. The van der Waals surface area contributed by atoms with Gasteiger partial charge in [-0.15, -0.1) is 11.8 Å². The van der Waals surface area contributed by atoms with Gasteiger partial charge in [-0.2, -0.15) is 0 Å². The van der Waals surface area contributed by atoms with Crippen LogP contribution in [0, 0.1) is 5.41 Å². The van der Waals surface area contributed by atoms with Crippen molar-refractivity contribution in [1.29, 1.82) is 0 Å². The molecule has 2 atom stereocenters. The average molecular weight is 463 g/mol. The summed E-state index contributed by atoms with van der Waals surface area (Å²) in [4.78, 5) is 50.7. The summed E-state index contributed by atoms with van der Waals surface area (Å²) in [6, 6.07) is 8.11. The Morgan fingerprint density at radius 3 is 2.50 bits per heavy atom. The van der Waals surface area contributed by atoms with Crippen LogP contribution in [0.15, 0.2) is 41.6 Å². The van der Waals surface area contributed by atoms with Crippen LogP contribution in [0.3, 0.4) is 0 Å². The van der Waals surface area contributed by atoms with Crippen molar-refractivity contribution in [2.24, 2.45) is 5.41 Å². The summed E-state index contributed by atoms with van der Waals surface area (Å²) >= 11 is 1.44. The zero-order chi connectivity index (χ0) is 23.5. The largest absolute Gasteiger partial charge is 0.484 e. The monoisotopic (exact) mass is 462 g/mol. The van der Waals surface area contributed by atoms with Gasteiger partial charge in [-0.05, 0) is 45.4 Å². The maximum atomic E-state index is 12.7. The quantitative estimate of drug-likeness (QED) is 0.371. The fourth-order valence-corrected chi connectivity index (χ4v) is 4.36. The van der Waals surface area contributed by atoms with Gasteiger partial charge in [0.25, 0.3) is 11.8 Å². The van der Waals surface area contributed by atoms with Crippen LogP contribution in [0.1, 0.15) is 27.7 Å². The van der Waals surface area contributed by atoms with Crippen molar-refractivity contribution in [3.63, 3.8) is 0 Å². The smallest absolute Gasteiger partial charge is 0.357 e. The first-order valence-electron chi connectivity index (χ1n) is 10.1. The SMILES string of the molecule is CC1=C(C(=O)OCOC(=O)C(C)(C)C)N2C(=O)C(NC(=O)COc3ccccc3)C2SC1. The number of rotatable bonds is 7. The lowest BCUT2D eigenvalue weighted by Crippen LogP contribution is -2.70. The second kappa shape index (κ2) is 9.64. The van der Waals surface area contributed by atoms with E-state index in [1.807, 2.05) is 6.07 Å². The minimum atomic E-state index is -0.763. The number of hydrogen-bond donors (Lipinski definition) is 1. The van der Waals surface area contributed by atoms with E-state index in [2.05, 4.69) is 5.32 Å². The number of amides is 2. The first kappa shape index (κ1) is 23.6. The molecule has 1 aromatic carbocycles. The molecule has 2 aliphatic rings. The molecule has 2 unspecified atom stereocenters. The number of carbonyl (C=O) groups excluding carboxylic acids is 4. The maximum absolute atomic E-state index is 12.7. The highest BCUT2D eigenvalue weighted by molar-refractivity contribution is 8.00. The van der Waals surface area contributed by atoms with E-state index in [0.717, 1.165) is 0 Å². The molecule has 0 spiro atoms. The Kier molecular flexibility index (Phi) is 7.12. The average Bonchev–Trinajstić information content (AvgIpc) is 2.75. The van der Waals surface area contributed by atoms with Crippen LogP contribution in [0.2, 0.25) is 0 Å². The fraction of sp³-hybridized carbons (Fsp3) is 0.455. The highest BCUT2D eigenvalue weighted by Gasteiger charge is 2.54. The molecular weight excluding hydrogens is 436 g/mol. The molecule has 1 fully saturated rings. The number of hydrogen-bond acceptors (Lipinski definition) is 8. The third kappa shape index (κ3) is 5.24. The number of fused-ring (bicyclic) bond motifs is 1. The lowest BCUT2D eigenvalue weighted by molar-refractivity contribution is -0.173. The lowest BCUT2D eigenvalue weighted by atomic mass is 9.98. The molecule has 1 aromatic rings. The molecule has 32 heavy (non-hydrogen) atoms. The molecule has 0 saturated carbocycles. The zero-order valence-corrected chi connectivity index (χ0v) is 19.2. The fourth-order valence-electron chi connectivity index (χ4n) is 3.06. The van der Waals surface area contributed by atoms with E-state index in [1.165, 1.54) is 16.7 Å². The van der Waals surface area contributed by atoms with Crippen molar-refractivity contribution in [2.75, 3.05) is 19.2 Å². The van der Waals surface area contributed by atoms with E-state index < -0.39 is 47.4 Å². The standard InChI is InChI=1S/C22H26N2O7S/c1-13-11-32-19-16(23-15(25)10-29-14-8-6-5-7-9-14)18(26)24(19)17(13)20(27)30-12-31-21(28)22(2,3)4/h5-9,16,19H,10-12H2,1-4H3,(H,23,25). The Hall–Kier alpha value is -3.01. The summed E-state index contributed by atoms with van der Waals surface area (Å²) < 4.78 is 15.4. The van der Waals surface area contributed by atoms with Gasteiger partial charge in [0, 0.05) is 5.75 Å². The van der Waals surface area contributed by atoms with E-state index in [1.54, 1.807) is 52.0 Å². The Morgan fingerprint density at radius 1 is 1.16 bits per heavy atom.